The Bertz CT molecular complexity index is 1420. The van der Waals surface area contributed by atoms with Crippen molar-refractivity contribution in [1.82, 2.24) is 9.58 Å². The lowest BCUT2D eigenvalue weighted by Crippen LogP contribution is -2.35. The molecule has 0 aliphatic carbocycles. The summed E-state index contributed by atoms with van der Waals surface area (Å²) in [7, 11) is 0. The van der Waals surface area contributed by atoms with Crippen LogP contribution in [0.15, 0.2) is 64.2 Å². The third kappa shape index (κ3) is 3.71. The summed E-state index contributed by atoms with van der Waals surface area (Å²) >= 11 is 7.78. The summed E-state index contributed by atoms with van der Waals surface area (Å²) in [5.74, 6) is -0.166. The first kappa shape index (κ1) is 21.7. The van der Waals surface area contributed by atoms with E-state index in [0.29, 0.717) is 16.7 Å². The number of aromatic nitrogens is 1. The van der Waals surface area contributed by atoms with Crippen LogP contribution in [-0.4, -0.2) is 31.5 Å². The third-order valence-corrected chi connectivity index (χ3v) is 7.40. The van der Waals surface area contributed by atoms with Gasteiger partial charge < -0.3 is 4.57 Å². The summed E-state index contributed by atoms with van der Waals surface area (Å²) in [6.07, 6.45) is 1.78. The number of fused-ring (bicyclic) bond motifs is 2. The van der Waals surface area contributed by atoms with Gasteiger partial charge >= 0.3 is 0 Å². The van der Waals surface area contributed by atoms with E-state index < -0.39 is 5.91 Å². The van der Waals surface area contributed by atoms with Crippen LogP contribution in [0.25, 0.3) is 17.0 Å². The van der Waals surface area contributed by atoms with Gasteiger partial charge in [0.1, 0.15) is 5.04 Å². The van der Waals surface area contributed by atoms with Crippen molar-refractivity contribution in [2.45, 2.75) is 27.3 Å². The summed E-state index contributed by atoms with van der Waals surface area (Å²) in [6, 6.07) is 15.9. The van der Waals surface area contributed by atoms with E-state index in [9.17, 15) is 4.79 Å². The summed E-state index contributed by atoms with van der Waals surface area (Å²) in [5.41, 5.74) is 4.17. The molecule has 1 N–H and O–H groups in total. The van der Waals surface area contributed by atoms with Crippen molar-refractivity contribution >= 4 is 62.3 Å². The minimum Gasteiger partial charge on any atom is -0.340 e. The molecule has 1 aromatic heterocycles. The van der Waals surface area contributed by atoms with Gasteiger partial charge in [-0.15, -0.1) is 0 Å². The number of amides is 1. The summed E-state index contributed by atoms with van der Waals surface area (Å²) in [4.78, 5) is 17.1. The van der Waals surface area contributed by atoms with E-state index in [0.717, 1.165) is 32.8 Å². The standard InChI is InChI=1S/C25H22ClN5OS/c1-14(2)24-29-31-22(27)19(23(32)28-25(31)33-24)12-18-15(3)30(21-11-7-5-9-17(18)21)13-16-8-4-6-10-20(16)26/h4-12,14,27H,13H2,1-3H3. The molecule has 6 nitrogen and oxygen atoms in total. The number of nitrogens with zero attached hydrogens (tertiary/aromatic N) is 4. The first-order valence-electron chi connectivity index (χ1n) is 10.7. The number of benzene rings is 2. The second-order valence-corrected chi connectivity index (χ2v) is 9.70. The predicted molar refractivity (Wildman–Crippen MR) is 137 cm³/mol. The zero-order chi connectivity index (χ0) is 23.3. The molecule has 0 saturated carbocycles. The maximum absolute atomic E-state index is 12.9. The average molecular weight is 476 g/mol. The summed E-state index contributed by atoms with van der Waals surface area (Å²) in [6.45, 7) is 6.69. The molecule has 0 bridgehead atoms. The minimum atomic E-state index is -0.415. The van der Waals surface area contributed by atoms with Crippen molar-refractivity contribution in [3.05, 3.63) is 75.9 Å². The monoisotopic (exact) mass is 475 g/mol. The van der Waals surface area contributed by atoms with Gasteiger partial charge in [-0.3, -0.25) is 10.2 Å². The molecule has 0 radical (unpaired) electrons. The Balaban J connectivity index is 1.61. The lowest BCUT2D eigenvalue weighted by atomic mass is 10.1. The Morgan fingerprint density at radius 1 is 1.15 bits per heavy atom. The van der Waals surface area contributed by atoms with Gasteiger partial charge in [0.2, 0.25) is 5.17 Å². The van der Waals surface area contributed by atoms with Crippen LogP contribution >= 0.6 is 23.4 Å². The lowest BCUT2D eigenvalue weighted by Gasteiger charge is -2.20. The molecule has 2 aromatic carbocycles. The molecule has 0 spiro atoms. The van der Waals surface area contributed by atoms with Gasteiger partial charge in [-0.1, -0.05) is 61.8 Å². The van der Waals surface area contributed by atoms with Crippen LogP contribution in [0.2, 0.25) is 5.02 Å². The van der Waals surface area contributed by atoms with Gasteiger partial charge in [-0.25, -0.2) is 0 Å². The van der Waals surface area contributed by atoms with E-state index in [4.69, 9.17) is 17.0 Å². The van der Waals surface area contributed by atoms with Crippen molar-refractivity contribution in [2.75, 3.05) is 0 Å². The molecule has 2 aliphatic rings. The number of thioether (sulfide) groups is 1. The fourth-order valence-electron chi connectivity index (χ4n) is 4.03. The molecule has 3 heterocycles. The summed E-state index contributed by atoms with van der Waals surface area (Å²) in [5, 5.41) is 17.7. The van der Waals surface area contributed by atoms with Gasteiger partial charge in [0.05, 0.1) is 5.57 Å². The number of rotatable bonds is 4. The van der Waals surface area contributed by atoms with Crippen LogP contribution in [-0.2, 0) is 11.3 Å². The van der Waals surface area contributed by atoms with Crippen LogP contribution in [0, 0.1) is 18.3 Å². The normalized spacial score (nSPS) is 17.2. The quantitative estimate of drug-likeness (QED) is 0.475. The number of carbonyl (C=O) groups excluding carboxylic acids is 1. The highest BCUT2D eigenvalue weighted by atomic mass is 35.5. The Morgan fingerprint density at radius 2 is 1.88 bits per heavy atom. The van der Waals surface area contributed by atoms with E-state index in [1.807, 2.05) is 63.2 Å². The molecular formula is C25H22ClN5OS. The van der Waals surface area contributed by atoms with Crippen LogP contribution in [0.5, 0.6) is 0 Å². The van der Waals surface area contributed by atoms with Crippen molar-refractivity contribution in [1.29, 1.82) is 5.41 Å². The lowest BCUT2D eigenvalue weighted by molar-refractivity contribution is -0.114. The highest BCUT2D eigenvalue weighted by Crippen LogP contribution is 2.34. The zero-order valence-corrected chi connectivity index (χ0v) is 20.0. The maximum Gasteiger partial charge on any atom is 0.283 e. The highest BCUT2D eigenvalue weighted by molar-refractivity contribution is 8.27. The van der Waals surface area contributed by atoms with Crippen LogP contribution in [0.1, 0.15) is 30.7 Å². The Labute approximate surface area is 201 Å². The van der Waals surface area contributed by atoms with Gasteiger partial charge in [0, 0.05) is 39.6 Å². The molecule has 0 fully saturated rings. The van der Waals surface area contributed by atoms with Gasteiger partial charge in [-0.05, 0) is 42.5 Å². The SMILES string of the molecule is Cc1c(C=C2C(=N)N3N=C(C(C)C)SC3=NC2=O)c2ccccc2n1Cc1ccccc1Cl. The zero-order valence-electron chi connectivity index (χ0n) is 18.5. The van der Waals surface area contributed by atoms with Crippen molar-refractivity contribution in [3.8, 4) is 0 Å². The largest absolute Gasteiger partial charge is 0.340 e. The second-order valence-electron chi connectivity index (χ2n) is 8.31. The van der Waals surface area contributed by atoms with E-state index in [-0.39, 0.29) is 17.3 Å². The molecule has 8 heteroatoms. The number of hydrogen-bond acceptors (Lipinski definition) is 4. The molecule has 5 rings (SSSR count). The molecular weight excluding hydrogens is 454 g/mol. The van der Waals surface area contributed by atoms with Crippen molar-refractivity contribution in [2.24, 2.45) is 16.0 Å². The number of halogens is 1. The summed E-state index contributed by atoms with van der Waals surface area (Å²) < 4.78 is 2.19. The fraction of sp³-hybridized carbons (Fsp3) is 0.200. The first-order chi connectivity index (χ1) is 15.8. The van der Waals surface area contributed by atoms with E-state index in [1.54, 1.807) is 6.08 Å². The number of nitrogens with one attached hydrogen (secondary N) is 1. The number of para-hydroxylation sites is 1. The molecule has 0 saturated heterocycles. The van der Waals surface area contributed by atoms with Gasteiger partial charge in [0.25, 0.3) is 5.91 Å². The Morgan fingerprint density at radius 3 is 2.64 bits per heavy atom. The number of carbonyl (C=O) groups is 1. The second kappa shape index (κ2) is 8.32. The molecule has 166 valence electrons. The maximum atomic E-state index is 12.9. The fourth-order valence-corrected chi connectivity index (χ4v) is 5.11. The Hall–Kier alpha value is -3.16. The smallest absolute Gasteiger partial charge is 0.283 e. The van der Waals surface area contributed by atoms with E-state index in [2.05, 4.69) is 20.7 Å². The number of hydrogen-bond donors (Lipinski definition) is 1. The number of hydrazone groups is 1. The molecule has 0 atom stereocenters. The van der Waals surface area contributed by atoms with E-state index >= 15 is 0 Å². The third-order valence-electron chi connectivity index (χ3n) is 5.82. The molecule has 0 unspecified atom stereocenters. The van der Waals surface area contributed by atoms with Crippen molar-refractivity contribution < 1.29 is 4.79 Å². The molecule has 2 aliphatic heterocycles. The van der Waals surface area contributed by atoms with Crippen LogP contribution in [0.3, 0.4) is 0 Å². The minimum absolute atomic E-state index is 0.0514. The topological polar surface area (TPSA) is 73.8 Å². The molecule has 33 heavy (non-hydrogen) atoms. The predicted octanol–water partition coefficient (Wildman–Crippen LogP) is 5.93. The number of aliphatic imine (C=N–C) groups is 1. The van der Waals surface area contributed by atoms with E-state index in [1.165, 1.54) is 16.8 Å². The first-order valence-corrected chi connectivity index (χ1v) is 11.9. The average Bonchev–Trinajstić information content (AvgIpc) is 3.33. The van der Waals surface area contributed by atoms with Crippen molar-refractivity contribution in [3.63, 3.8) is 0 Å². The van der Waals surface area contributed by atoms with Crippen LogP contribution in [0.4, 0.5) is 0 Å². The van der Waals surface area contributed by atoms with Gasteiger partial charge in [0.15, 0.2) is 5.84 Å². The Kier molecular flexibility index (Phi) is 5.46. The molecule has 3 aromatic rings. The van der Waals surface area contributed by atoms with Crippen LogP contribution < -0.4 is 0 Å². The highest BCUT2D eigenvalue weighted by Gasteiger charge is 2.36. The number of amidine groups is 2. The molecule has 1 amide bonds. The van der Waals surface area contributed by atoms with Gasteiger partial charge in [-0.2, -0.15) is 15.1 Å².